The van der Waals surface area contributed by atoms with E-state index >= 15 is 0 Å². The van der Waals surface area contributed by atoms with Gasteiger partial charge in [-0.25, -0.2) is 0 Å². The molecular weight excluding hydrogens is 257 g/mol. The molecule has 2 nitrogen and oxygen atoms in total. The molecule has 1 atom stereocenters. The molecule has 2 heterocycles. The van der Waals surface area contributed by atoms with E-state index in [0.29, 0.717) is 0 Å². The van der Waals surface area contributed by atoms with E-state index in [-0.39, 0.29) is 5.60 Å². The van der Waals surface area contributed by atoms with Crippen molar-refractivity contribution in [3.8, 4) is 5.75 Å². The molecule has 3 aliphatic rings. The van der Waals surface area contributed by atoms with E-state index in [9.17, 15) is 0 Å². The molecular formula is C18H24BNO. The van der Waals surface area contributed by atoms with Crippen molar-refractivity contribution in [1.29, 1.82) is 0 Å². The van der Waals surface area contributed by atoms with Crippen molar-refractivity contribution in [1.82, 2.24) is 4.90 Å². The van der Waals surface area contributed by atoms with E-state index in [1.807, 2.05) is 12.1 Å². The fourth-order valence-corrected chi connectivity index (χ4v) is 4.29. The maximum absolute atomic E-state index is 6.34. The van der Waals surface area contributed by atoms with Gasteiger partial charge in [0, 0.05) is 38.4 Å². The standard InChI is InChI=1S/C18H24BNO/c1-13(14-3-2-4-14)20-9-7-18(8-10-20)12-15-11-16(19)5-6-17(15)21-18/h5-6,11,13-14H,2-4,7-10,12H2,1H3. The van der Waals surface area contributed by atoms with Gasteiger partial charge >= 0.3 is 0 Å². The Hall–Kier alpha value is -0.955. The number of benzene rings is 1. The van der Waals surface area contributed by atoms with Crippen molar-refractivity contribution in [2.24, 2.45) is 5.92 Å². The summed E-state index contributed by atoms with van der Waals surface area (Å²) in [6.07, 6.45) is 7.65. The van der Waals surface area contributed by atoms with Crippen LogP contribution in [0.5, 0.6) is 5.75 Å². The molecule has 0 N–H and O–H groups in total. The molecule has 0 amide bonds. The molecule has 1 saturated heterocycles. The van der Waals surface area contributed by atoms with Gasteiger partial charge in [0.2, 0.25) is 0 Å². The summed E-state index contributed by atoms with van der Waals surface area (Å²) < 4.78 is 6.34. The number of nitrogens with zero attached hydrogens (tertiary/aromatic N) is 1. The molecule has 2 aliphatic heterocycles. The second kappa shape index (κ2) is 5.05. The highest BCUT2D eigenvalue weighted by atomic mass is 16.5. The highest BCUT2D eigenvalue weighted by Gasteiger charge is 2.43. The first-order valence-electron chi connectivity index (χ1n) is 8.47. The first-order chi connectivity index (χ1) is 10.2. The topological polar surface area (TPSA) is 12.5 Å². The summed E-state index contributed by atoms with van der Waals surface area (Å²) >= 11 is 0. The van der Waals surface area contributed by atoms with E-state index in [2.05, 4.69) is 17.9 Å². The van der Waals surface area contributed by atoms with Gasteiger partial charge in [0.25, 0.3) is 0 Å². The molecule has 0 aromatic heterocycles. The average molecular weight is 281 g/mol. The zero-order chi connectivity index (χ0) is 14.4. The van der Waals surface area contributed by atoms with Crippen molar-refractivity contribution in [2.45, 2.75) is 57.1 Å². The van der Waals surface area contributed by atoms with Crippen LogP contribution in [0.2, 0.25) is 0 Å². The van der Waals surface area contributed by atoms with Gasteiger partial charge < -0.3 is 9.64 Å². The number of hydrogen-bond donors (Lipinski definition) is 0. The zero-order valence-electron chi connectivity index (χ0n) is 13.0. The Morgan fingerprint density at radius 3 is 2.71 bits per heavy atom. The molecule has 0 bridgehead atoms. The highest BCUT2D eigenvalue weighted by molar-refractivity contribution is 6.32. The van der Waals surface area contributed by atoms with Crippen LogP contribution < -0.4 is 10.2 Å². The maximum Gasteiger partial charge on any atom is 0.123 e. The smallest absolute Gasteiger partial charge is 0.123 e. The van der Waals surface area contributed by atoms with Crippen LogP contribution in [-0.2, 0) is 6.42 Å². The minimum absolute atomic E-state index is 0.0476. The van der Waals surface area contributed by atoms with Crippen LogP contribution in [0, 0.1) is 5.92 Å². The lowest BCUT2D eigenvalue weighted by Gasteiger charge is -2.45. The Morgan fingerprint density at radius 2 is 2.05 bits per heavy atom. The second-order valence-electron chi connectivity index (χ2n) is 7.30. The second-order valence-corrected chi connectivity index (χ2v) is 7.30. The van der Waals surface area contributed by atoms with E-state index in [0.717, 1.165) is 42.4 Å². The lowest BCUT2D eigenvalue weighted by molar-refractivity contribution is -0.00849. The first kappa shape index (κ1) is 13.7. The predicted molar refractivity (Wildman–Crippen MR) is 86.5 cm³/mol. The Labute approximate surface area is 129 Å². The summed E-state index contributed by atoms with van der Waals surface area (Å²) in [7, 11) is 5.90. The third-order valence-corrected chi connectivity index (χ3v) is 6.04. The van der Waals surface area contributed by atoms with Gasteiger partial charge in [-0.1, -0.05) is 24.0 Å². The van der Waals surface area contributed by atoms with E-state index in [1.54, 1.807) is 0 Å². The Morgan fingerprint density at radius 1 is 1.29 bits per heavy atom. The van der Waals surface area contributed by atoms with Crippen molar-refractivity contribution < 1.29 is 4.74 Å². The van der Waals surface area contributed by atoms with Gasteiger partial charge in [0.15, 0.2) is 0 Å². The number of piperidine rings is 1. The monoisotopic (exact) mass is 281 g/mol. The number of rotatable bonds is 2. The van der Waals surface area contributed by atoms with Gasteiger partial charge in [-0.05, 0) is 37.3 Å². The van der Waals surface area contributed by atoms with Crippen LogP contribution in [0.15, 0.2) is 18.2 Å². The average Bonchev–Trinajstić information content (AvgIpc) is 2.74. The van der Waals surface area contributed by atoms with Gasteiger partial charge in [-0.15, -0.1) is 0 Å². The van der Waals surface area contributed by atoms with Gasteiger partial charge in [0.1, 0.15) is 19.2 Å². The Bertz CT molecular complexity index is 532. The largest absolute Gasteiger partial charge is 0.487 e. The fourth-order valence-electron chi connectivity index (χ4n) is 4.29. The van der Waals surface area contributed by atoms with Gasteiger partial charge in [-0.3, -0.25) is 0 Å². The normalized spacial score (nSPS) is 26.1. The molecule has 1 aromatic carbocycles. The van der Waals surface area contributed by atoms with Crippen molar-refractivity contribution in [3.05, 3.63) is 23.8 Å². The molecule has 1 spiro atoms. The minimum atomic E-state index is 0.0476. The molecule has 1 unspecified atom stereocenters. The lowest BCUT2D eigenvalue weighted by Crippen LogP contribution is -2.52. The summed E-state index contributed by atoms with van der Waals surface area (Å²) in [6, 6.07) is 6.84. The third-order valence-electron chi connectivity index (χ3n) is 6.04. The first-order valence-corrected chi connectivity index (χ1v) is 8.47. The fraction of sp³-hybridized carbons (Fsp3) is 0.667. The Kier molecular flexibility index (Phi) is 3.29. The molecule has 1 saturated carbocycles. The third kappa shape index (κ3) is 2.40. The van der Waals surface area contributed by atoms with Crippen LogP contribution in [0.4, 0.5) is 0 Å². The van der Waals surface area contributed by atoms with Crippen molar-refractivity contribution in [2.75, 3.05) is 13.1 Å². The lowest BCUT2D eigenvalue weighted by atomic mass is 9.78. The molecule has 110 valence electrons. The van der Waals surface area contributed by atoms with E-state index in [4.69, 9.17) is 12.6 Å². The van der Waals surface area contributed by atoms with Crippen LogP contribution in [0.25, 0.3) is 0 Å². The predicted octanol–water partition coefficient (Wildman–Crippen LogP) is 2.44. The van der Waals surface area contributed by atoms with Gasteiger partial charge in [0.05, 0.1) is 0 Å². The highest BCUT2D eigenvalue weighted by Crippen LogP contribution is 2.42. The zero-order valence-corrected chi connectivity index (χ0v) is 13.0. The quantitative estimate of drug-likeness (QED) is 0.772. The number of likely N-dealkylation sites (tertiary alicyclic amines) is 1. The number of hydrogen-bond acceptors (Lipinski definition) is 2. The molecule has 2 radical (unpaired) electrons. The molecule has 2 fully saturated rings. The van der Waals surface area contributed by atoms with Crippen molar-refractivity contribution in [3.63, 3.8) is 0 Å². The van der Waals surface area contributed by atoms with Crippen LogP contribution in [-0.4, -0.2) is 37.5 Å². The summed E-state index contributed by atoms with van der Waals surface area (Å²) in [5, 5.41) is 0. The maximum atomic E-state index is 6.34. The molecule has 1 aliphatic carbocycles. The molecule has 4 rings (SSSR count). The molecule has 21 heavy (non-hydrogen) atoms. The van der Waals surface area contributed by atoms with Crippen molar-refractivity contribution >= 4 is 13.3 Å². The Balaban J connectivity index is 1.41. The molecule has 3 heteroatoms. The van der Waals surface area contributed by atoms with Gasteiger partial charge in [-0.2, -0.15) is 0 Å². The van der Waals surface area contributed by atoms with E-state index in [1.165, 1.54) is 37.9 Å². The summed E-state index contributed by atoms with van der Waals surface area (Å²) in [5.41, 5.74) is 2.20. The van der Waals surface area contributed by atoms with Crippen LogP contribution in [0.1, 0.15) is 44.6 Å². The van der Waals surface area contributed by atoms with E-state index < -0.39 is 0 Å². The molecule has 1 aromatic rings. The van der Waals surface area contributed by atoms with Crippen LogP contribution >= 0.6 is 0 Å². The minimum Gasteiger partial charge on any atom is -0.487 e. The number of fused-ring (bicyclic) bond motifs is 1. The number of ether oxygens (including phenoxy) is 1. The van der Waals surface area contributed by atoms with Crippen LogP contribution in [0.3, 0.4) is 0 Å². The summed E-state index contributed by atoms with van der Waals surface area (Å²) in [5.74, 6) is 2.00. The summed E-state index contributed by atoms with van der Waals surface area (Å²) in [4.78, 5) is 2.69. The summed E-state index contributed by atoms with van der Waals surface area (Å²) in [6.45, 7) is 4.79. The SMILES string of the molecule is [B]c1ccc2c(c1)CC1(CCN(C(C)C3CCC3)CC1)O2.